The molecule has 0 spiro atoms. The van der Waals surface area contributed by atoms with Crippen molar-refractivity contribution in [3.63, 3.8) is 0 Å². The summed E-state index contributed by atoms with van der Waals surface area (Å²) in [4.78, 5) is 4.67. The molecule has 0 unspecified atom stereocenters. The molecule has 0 bridgehead atoms. The quantitative estimate of drug-likeness (QED) is 0.421. The van der Waals surface area contributed by atoms with E-state index in [0.29, 0.717) is 5.89 Å². The molecule has 3 aromatic carbocycles. The molecule has 112 valence electrons. The van der Waals surface area contributed by atoms with Gasteiger partial charge in [-0.3, -0.25) is 0 Å². The van der Waals surface area contributed by atoms with Gasteiger partial charge in [0, 0.05) is 5.56 Å². The summed E-state index contributed by atoms with van der Waals surface area (Å²) in [5.41, 5.74) is 6.10. The van der Waals surface area contributed by atoms with Crippen LogP contribution in [-0.2, 0) is 0 Å². The van der Waals surface area contributed by atoms with E-state index in [4.69, 9.17) is 4.42 Å². The number of fused-ring (bicyclic) bond motifs is 1. The molecule has 0 aliphatic rings. The predicted octanol–water partition coefficient (Wildman–Crippen LogP) is 6.23. The molecule has 1 heterocycles. The lowest BCUT2D eigenvalue weighted by Crippen LogP contribution is -1.80. The second-order valence-corrected chi connectivity index (χ2v) is 6.42. The number of aromatic nitrogens is 1. The SMILES string of the molecule is Cc1cccc(-c2nc3cc(-c4ccccc4)cc(Br)c3o2)c1. The van der Waals surface area contributed by atoms with Gasteiger partial charge in [0.15, 0.2) is 5.58 Å². The molecule has 3 heteroatoms. The Morgan fingerprint density at radius 2 is 1.61 bits per heavy atom. The normalized spacial score (nSPS) is 11.0. The first-order chi connectivity index (χ1) is 11.2. The number of halogens is 1. The van der Waals surface area contributed by atoms with Crippen LogP contribution in [0.1, 0.15) is 5.56 Å². The topological polar surface area (TPSA) is 26.0 Å². The summed E-state index contributed by atoms with van der Waals surface area (Å²) in [5.74, 6) is 0.648. The Bertz CT molecular complexity index is 989. The highest BCUT2D eigenvalue weighted by Crippen LogP contribution is 2.34. The molecular formula is C20H14BrNO. The van der Waals surface area contributed by atoms with Crippen LogP contribution in [0, 0.1) is 6.92 Å². The maximum absolute atomic E-state index is 5.97. The zero-order valence-electron chi connectivity index (χ0n) is 12.6. The first-order valence-corrected chi connectivity index (χ1v) is 8.22. The number of oxazole rings is 1. The van der Waals surface area contributed by atoms with E-state index in [1.807, 2.05) is 30.3 Å². The van der Waals surface area contributed by atoms with E-state index in [1.54, 1.807) is 0 Å². The number of aryl methyl sites for hydroxylation is 1. The zero-order chi connectivity index (χ0) is 15.8. The Morgan fingerprint density at radius 3 is 2.39 bits per heavy atom. The summed E-state index contributed by atoms with van der Waals surface area (Å²) in [6, 6.07) is 22.6. The van der Waals surface area contributed by atoms with Gasteiger partial charge in [0.05, 0.1) is 4.47 Å². The van der Waals surface area contributed by atoms with Crippen LogP contribution >= 0.6 is 15.9 Å². The first-order valence-electron chi connectivity index (χ1n) is 7.43. The van der Waals surface area contributed by atoms with Crippen molar-refractivity contribution in [2.75, 3.05) is 0 Å². The molecule has 0 amide bonds. The van der Waals surface area contributed by atoms with Crippen LogP contribution in [0.2, 0.25) is 0 Å². The van der Waals surface area contributed by atoms with Gasteiger partial charge in [-0.05, 0) is 58.2 Å². The number of rotatable bonds is 2. The van der Waals surface area contributed by atoms with Gasteiger partial charge in [-0.15, -0.1) is 0 Å². The standard InChI is InChI=1S/C20H14BrNO/c1-13-6-5-9-15(10-13)20-22-18-12-16(11-17(21)19(18)23-20)14-7-3-2-4-8-14/h2-12H,1H3. The molecule has 0 saturated carbocycles. The molecule has 0 aliphatic heterocycles. The predicted molar refractivity (Wildman–Crippen MR) is 97.3 cm³/mol. The number of hydrogen-bond acceptors (Lipinski definition) is 2. The van der Waals surface area contributed by atoms with Crippen molar-refractivity contribution in [2.45, 2.75) is 6.92 Å². The van der Waals surface area contributed by atoms with Crippen LogP contribution in [0.15, 0.2) is 75.6 Å². The van der Waals surface area contributed by atoms with E-state index in [0.717, 1.165) is 32.3 Å². The van der Waals surface area contributed by atoms with Crippen LogP contribution in [-0.4, -0.2) is 4.98 Å². The average molecular weight is 364 g/mol. The van der Waals surface area contributed by atoms with Crippen molar-refractivity contribution in [2.24, 2.45) is 0 Å². The maximum Gasteiger partial charge on any atom is 0.227 e. The highest BCUT2D eigenvalue weighted by molar-refractivity contribution is 9.10. The van der Waals surface area contributed by atoms with E-state index in [1.165, 1.54) is 5.56 Å². The van der Waals surface area contributed by atoms with Crippen molar-refractivity contribution in [1.29, 1.82) is 0 Å². The van der Waals surface area contributed by atoms with E-state index in [-0.39, 0.29) is 0 Å². The lowest BCUT2D eigenvalue weighted by molar-refractivity contribution is 0.618. The lowest BCUT2D eigenvalue weighted by Gasteiger charge is -2.02. The smallest absolute Gasteiger partial charge is 0.227 e. The van der Waals surface area contributed by atoms with Crippen LogP contribution in [0.3, 0.4) is 0 Å². The molecule has 0 atom stereocenters. The van der Waals surface area contributed by atoms with Gasteiger partial charge in [-0.2, -0.15) is 0 Å². The molecule has 0 fully saturated rings. The Kier molecular flexibility index (Phi) is 3.50. The van der Waals surface area contributed by atoms with E-state index in [9.17, 15) is 0 Å². The minimum absolute atomic E-state index is 0.648. The Hall–Kier alpha value is -2.39. The fourth-order valence-corrected chi connectivity index (χ4v) is 3.22. The Labute approximate surface area is 142 Å². The summed E-state index contributed by atoms with van der Waals surface area (Å²) >= 11 is 3.61. The van der Waals surface area contributed by atoms with Gasteiger partial charge in [0.2, 0.25) is 5.89 Å². The number of hydrogen-bond donors (Lipinski definition) is 0. The molecule has 4 aromatic rings. The van der Waals surface area contributed by atoms with Gasteiger partial charge >= 0.3 is 0 Å². The fourth-order valence-electron chi connectivity index (χ4n) is 2.69. The summed E-state index contributed by atoms with van der Waals surface area (Å²) in [5, 5.41) is 0. The van der Waals surface area contributed by atoms with Crippen LogP contribution in [0.5, 0.6) is 0 Å². The van der Waals surface area contributed by atoms with E-state index in [2.05, 4.69) is 64.2 Å². The summed E-state index contributed by atoms with van der Waals surface area (Å²) in [7, 11) is 0. The van der Waals surface area contributed by atoms with Crippen molar-refractivity contribution in [3.05, 3.63) is 76.8 Å². The second kappa shape index (κ2) is 5.67. The first kappa shape index (κ1) is 14.2. The van der Waals surface area contributed by atoms with Gasteiger partial charge in [-0.25, -0.2) is 4.98 Å². The summed E-state index contributed by atoms with van der Waals surface area (Å²) in [6.45, 7) is 2.07. The summed E-state index contributed by atoms with van der Waals surface area (Å²) < 4.78 is 6.89. The van der Waals surface area contributed by atoms with Crippen molar-refractivity contribution in [3.8, 4) is 22.6 Å². The highest BCUT2D eigenvalue weighted by atomic mass is 79.9. The Morgan fingerprint density at radius 1 is 0.826 bits per heavy atom. The van der Waals surface area contributed by atoms with Gasteiger partial charge in [0.25, 0.3) is 0 Å². The molecule has 0 N–H and O–H groups in total. The van der Waals surface area contributed by atoms with Crippen LogP contribution in [0.4, 0.5) is 0 Å². The molecule has 23 heavy (non-hydrogen) atoms. The van der Waals surface area contributed by atoms with Crippen molar-refractivity contribution in [1.82, 2.24) is 4.98 Å². The largest absolute Gasteiger partial charge is 0.435 e. The average Bonchev–Trinajstić information content (AvgIpc) is 3.00. The van der Waals surface area contributed by atoms with Gasteiger partial charge in [-0.1, -0.05) is 48.0 Å². The highest BCUT2D eigenvalue weighted by Gasteiger charge is 2.13. The molecule has 0 aliphatic carbocycles. The molecule has 1 aromatic heterocycles. The monoisotopic (exact) mass is 363 g/mol. The fraction of sp³-hybridized carbons (Fsp3) is 0.0500. The van der Waals surface area contributed by atoms with Crippen LogP contribution in [0.25, 0.3) is 33.7 Å². The Balaban J connectivity index is 1.87. The van der Waals surface area contributed by atoms with E-state index < -0.39 is 0 Å². The molecule has 0 radical (unpaired) electrons. The molecule has 0 saturated heterocycles. The van der Waals surface area contributed by atoms with Crippen molar-refractivity contribution >= 4 is 27.0 Å². The maximum atomic E-state index is 5.97. The van der Waals surface area contributed by atoms with E-state index >= 15 is 0 Å². The number of benzene rings is 3. The van der Waals surface area contributed by atoms with Crippen molar-refractivity contribution < 1.29 is 4.42 Å². The molecule has 2 nitrogen and oxygen atoms in total. The number of nitrogens with zero attached hydrogens (tertiary/aromatic N) is 1. The van der Waals surface area contributed by atoms with Crippen LogP contribution < -0.4 is 0 Å². The van der Waals surface area contributed by atoms with Gasteiger partial charge in [0.1, 0.15) is 5.52 Å². The third-order valence-electron chi connectivity index (χ3n) is 3.82. The molecular weight excluding hydrogens is 350 g/mol. The molecule has 4 rings (SSSR count). The lowest BCUT2D eigenvalue weighted by atomic mass is 10.1. The third kappa shape index (κ3) is 2.68. The second-order valence-electron chi connectivity index (χ2n) is 5.56. The summed E-state index contributed by atoms with van der Waals surface area (Å²) in [6.07, 6.45) is 0. The zero-order valence-corrected chi connectivity index (χ0v) is 14.2. The third-order valence-corrected chi connectivity index (χ3v) is 4.41. The minimum Gasteiger partial charge on any atom is -0.435 e. The van der Waals surface area contributed by atoms with Gasteiger partial charge < -0.3 is 4.42 Å². The minimum atomic E-state index is 0.648.